The fraction of sp³-hybridized carbons (Fsp3) is 0.0667. The van der Waals surface area contributed by atoms with Crippen molar-refractivity contribution in [1.29, 1.82) is 0 Å². The van der Waals surface area contributed by atoms with E-state index in [1.807, 2.05) is 19.1 Å². The van der Waals surface area contributed by atoms with Crippen LogP contribution >= 0.6 is 0 Å². The van der Waals surface area contributed by atoms with Crippen LogP contribution in [0.1, 0.15) is 16.2 Å². The minimum Gasteiger partial charge on any atom is -0.461 e. The maximum atomic E-state index is 12.0. The highest BCUT2D eigenvalue weighted by atomic mass is 16.4. The summed E-state index contributed by atoms with van der Waals surface area (Å²) in [5, 5.41) is 2.68. The van der Waals surface area contributed by atoms with Crippen molar-refractivity contribution < 1.29 is 13.6 Å². The van der Waals surface area contributed by atoms with Gasteiger partial charge in [-0.3, -0.25) is 4.79 Å². The van der Waals surface area contributed by atoms with Crippen LogP contribution < -0.4 is 5.32 Å². The second-order valence-corrected chi connectivity index (χ2v) is 4.26. The second kappa shape index (κ2) is 5.05. The number of anilines is 1. The van der Waals surface area contributed by atoms with Gasteiger partial charge in [0, 0.05) is 5.69 Å². The monoisotopic (exact) mass is 268 g/mol. The zero-order valence-corrected chi connectivity index (χ0v) is 10.8. The van der Waals surface area contributed by atoms with E-state index in [0.29, 0.717) is 17.3 Å². The third-order valence-corrected chi connectivity index (χ3v) is 2.72. The van der Waals surface area contributed by atoms with Gasteiger partial charge in [0.1, 0.15) is 5.82 Å². The summed E-state index contributed by atoms with van der Waals surface area (Å²) in [5.41, 5.74) is 0.832. The fourth-order valence-electron chi connectivity index (χ4n) is 1.80. The summed E-state index contributed by atoms with van der Waals surface area (Å²) >= 11 is 0. The van der Waals surface area contributed by atoms with Crippen molar-refractivity contribution in [3.8, 4) is 11.5 Å². The molecule has 0 fully saturated rings. The van der Waals surface area contributed by atoms with Crippen molar-refractivity contribution >= 4 is 11.7 Å². The van der Waals surface area contributed by atoms with Gasteiger partial charge in [-0.05, 0) is 43.3 Å². The maximum Gasteiger partial charge on any atom is 0.292 e. The average molecular weight is 268 g/mol. The molecular formula is C15H12N2O3. The molecule has 1 N–H and O–H groups in total. The van der Waals surface area contributed by atoms with Crippen LogP contribution in [0.4, 0.5) is 5.82 Å². The largest absolute Gasteiger partial charge is 0.461 e. The summed E-state index contributed by atoms with van der Waals surface area (Å²) in [6, 6.07) is 12.2. The molecule has 0 aliphatic carbocycles. The molecule has 3 heterocycles. The third-order valence-electron chi connectivity index (χ3n) is 2.72. The first-order chi connectivity index (χ1) is 9.72. The minimum atomic E-state index is -0.346. The molecule has 0 aliphatic rings. The Labute approximate surface area is 115 Å². The predicted molar refractivity (Wildman–Crippen MR) is 73.3 cm³/mol. The fourth-order valence-corrected chi connectivity index (χ4v) is 1.80. The molecule has 5 nitrogen and oxygen atoms in total. The van der Waals surface area contributed by atoms with Crippen LogP contribution in [0.15, 0.2) is 57.6 Å². The minimum absolute atomic E-state index is 0.208. The van der Waals surface area contributed by atoms with Crippen molar-refractivity contribution in [2.75, 3.05) is 5.32 Å². The molecule has 100 valence electrons. The lowest BCUT2D eigenvalue weighted by atomic mass is 10.3. The number of nitrogens with one attached hydrogen (secondary N) is 1. The van der Waals surface area contributed by atoms with Crippen molar-refractivity contribution in [3.05, 3.63) is 60.2 Å². The molecule has 3 rings (SSSR count). The highest BCUT2D eigenvalue weighted by Crippen LogP contribution is 2.22. The van der Waals surface area contributed by atoms with Crippen LogP contribution in [0.3, 0.4) is 0 Å². The molecule has 0 saturated carbocycles. The molecule has 5 heteroatoms. The summed E-state index contributed by atoms with van der Waals surface area (Å²) in [7, 11) is 0. The van der Waals surface area contributed by atoms with E-state index in [9.17, 15) is 4.79 Å². The number of hydrogen-bond acceptors (Lipinski definition) is 4. The van der Waals surface area contributed by atoms with Gasteiger partial charge in [-0.2, -0.15) is 0 Å². The Balaban J connectivity index is 1.78. The van der Waals surface area contributed by atoms with Gasteiger partial charge in [0.05, 0.1) is 6.26 Å². The first-order valence-electron chi connectivity index (χ1n) is 6.11. The summed E-state index contributed by atoms with van der Waals surface area (Å²) < 4.78 is 10.7. The number of amides is 1. The van der Waals surface area contributed by atoms with Crippen LogP contribution in [-0.4, -0.2) is 10.9 Å². The Bertz CT molecular complexity index is 729. The van der Waals surface area contributed by atoms with Crippen LogP contribution in [0.2, 0.25) is 0 Å². The number of aryl methyl sites for hydroxylation is 1. The average Bonchev–Trinajstić information content (AvgIpc) is 3.10. The summed E-state index contributed by atoms with van der Waals surface area (Å²) in [6.07, 6.45) is 1.55. The highest BCUT2D eigenvalue weighted by molar-refractivity contribution is 6.01. The zero-order chi connectivity index (χ0) is 13.9. The van der Waals surface area contributed by atoms with Crippen LogP contribution in [-0.2, 0) is 0 Å². The normalized spacial score (nSPS) is 10.4. The highest BCUT2D eigenvalue weighted by Gasteiger charge is 2.14. The van der Waals surface area contributed by atoms with Crippen molar-refractivity contribution in [2.45, 2.75) is 6.92 Å². The zero-order valence-electron chi connectivity index (χ0n) is 10.8. The first kappa shape index (κ1) is 12.2. The van der Waals surface area contributed by atoms with Crippen molar-refractivity contribution in [3.63, 3.8) is 0 Å². The van der Waals surface area contributed by atoms with Gasteiger partial charge in [0.15, 0.2) is 17.3 Å². The van der Waals surface area contributed by atoms with E-state index < -0.39 is 0 Å². The Morgan fingerprint density at radius 1 is 1.10 bits per heavy atom. The van der Waals surface area contributed by atoms with E-state index in [2.05, 4.69) is 10.3 Å². The smallest absolute Gasteiger partial charge is 0.292 e. The molecule has 3 aromatic rings. The number of carbonyl (C=O) groups excluding carboxylic acids is 1. The first-order valence-corrected chi connectivity index (χ1v) is 6.11. The van der Waals surface area contributed by atoms with Gasteiger partial charge in [-0.1, -0.05) is 6.07 Å². The number of aromatic nitrogens is 1. The molecule has 3 aromatic heterocycles. The van der Waals surface area contributed by atoms with E-state index in [0.717, 1.165) is 5.69 Å². The van der Waals surface area contributed by atoms with Gasteiger partial charge in [0.25, 0.3) is 5.91 Å². The van der Waals surface area contributed by atoms with Crippen LogP contribution in [0.5, 0.6) is 0 Å². The van der Waals surface area contributed by atoms with Crippen molar-refractivity contribution in [1.82, 2.24) is 4.98 Å². The van der Waals surface area contributed by atoms with Crippen LogP contribution in [0.25, 0.3) is 11.5 Å². The summed E-state index contributed by atoms with van der Waals surface area (Å²) in [5.74, 6) is 1.45. The number of carbonyl (C=O) groups is 1. The molecule has 0 saturated heterocycles. The van der Waals surface area contributed by atoms with Crippen LogP contribution in [0, 0.1) is 6.92 Å². The third kappa shape index (κ3) is 2.47. The standard InChI is InChI=1S/C15H12N2O3/c1-10-4-2-6-14(16-10)17-15(18)13-8-7-12(20-13)11-5-3-9-19-11/h2-9H,1H3,(H,16,17,18). The number of nitrogens with zero attached hydrogens (tertiary/aromatic N) is 1. The van der Waals surface area contributed by atoms with Gasteiger partial charge in [0.2, 0.25) is 0 Å². The maximum absolute atomic E-state index is 12.0. The van der Waals surface area contributed by atoms with Gasteiger partial charge < -0.3 is 14.2 Å². The quantitative estimate of drug-likeness (QED) is 0.789. The topological polar surface area (TPSA) is 68.3 Å². The lowest BCUT2D eigenvalue weighted by Gasteiger charge is -2.02. The molecule has 0 atom stereocenters. The van der Waals surface area contributed by atoms with Gasteiger partial charge in [-0.15, -0.1) is 0 Å². The predicted octanol–water partition coefficient (Wildman–Crippen LogP) is 3.50. The molecule has 0 aromatic carbocycles. The van der Waals surface area contributed by atoms with E-state index in [1.165, 1.54) is 0 Å². The Morgan fingerprint density at radius 3 is 2.75 bits per heavy atom. The van der Waals surface area contributed by atoms with Gasteiger partial charge in [-0.25, -0.2) is 4.98 Å². The molecule has 20 heavy (non-hydrogen) atoms. The summed E-state index contributed by atoms with van der Waals surface area (Å²) in [6.45, 7) is 1.86. The second-order valence-electron chi connectivity index (χ2n) is 4.26. The molecule has 0 unspecified atom stereocenters. The van der Waals surface area contributed by atoms with E-state index >= 15 is 0 Å². The number of hydrogen-bond donors (Lipinski definition) is 1. The molecule has 0 radical (unpaired) electrons. The Morgan fingerprint density at radius 2 is 2.00 bits per heavy atom. The van der Waals surface area contributed by atoms with E-state index in [4.69, 9.17) is 8.83 Å². The molecule has 0 spiro atoms. The van der Waals surface area contributed by atoms with E-state index in [1.54, 1.807) is 36.6 Å². The molecule has 0 aliphatic heterocycles. The Hall–Kier alpha value is -2.82. The summed E-state index contributed by atoms with van der Waals surface area (Å²) in [4.78, 5) is 16.2. The van der Waals surface area contributed by atoms with Crippen molar-refractivity contribution in [2.24, 2.45) is 0 Å². The number of pyridine rings is 1. The lowest BCUT2D eigenvalue weighted by molar-refractivity contribution is 0.0997. The molecule has 0 bridgehead atoms. The van der Waals surface area contributed by atoms with E-state index in [-0.39, 0.29) is 11.7 Å². The number of furan rings is 2. The van der Waals surface area contributed by atoms with Gasteiger partial charge >= 0.3 is 0 Å². The lowest BCUT2D eigenvalue weighted by Crippen LogP contribution is -2.12. The molecule has 1 amide bonds. The number of rotatable bonds is 3. The Kier molecular flexibility index (Phi) is 3.09. The SMILES string of the molecule is Cc1cccc(NC(=O)c2ccc(-c3ccco3)o2)n1. The molecular weight excluding hydrogens is 256 g/mol.